The molecule has 1 N–H and O–H groups in total. The SMILES string of the molecule is C=CC(=O)CC1CC(n2cnc3c(F)c(-c4c(O)cccc4F)c(Cl)cc3c2=O)C1. The Morgan fingerprint density at radius 3 is 2.73 bits per heavy atom. The van der Waals surface area contributed by atoms with Crippen molar-refractivity contribution in [3.05, 3.63) is 70.3 Å². The first-order valence-corrected chi connectivity index (χ1v) is 9.71. The Labute approximate surface area is 175 Å². The fourth-order valence-electron chi connectivity index (χ4n) is 3.92. The molecule has 154 valence electrons. The second kappa shape index (κ2) is 7.65. The molecule has 1 fully saturated rings. The number of nitrogens with zero attached hydrogens (tertiary/aromatic N) is 2. The number of fused-ring (bicyclic) bond motifs is 1. The molecule has 0 unspecified atom stereocenters. The van der Waals surface area contributed by atoms with Gasteiger partial charge in [0, 0.05) is 18.0 Å². The van der Waals surface area contributed by atoms with Crippen molar-refractivity contribution in [1.82, 2.24) is 9.55 Å². The predicted octanol–water partition coefficient (Wildman–Crippen LogP) is 4.80. The van der Waals surface area contributed by atoms with Crippen molar-refractivity contribution in [2.75, 3.05) is 0 Å². The van der Waals surface area contributed by atoms with Crippen LogP contribution in [0.1, 0.15) is 25.3 Å². The Balaban J connectivity index is 1.75. The summed E-state index contributed by atoms with van der Waals surface area (Å²) in [4.78, 5) is 28.5. The first kappa shape index (κ1) is 20.2. The van der Waals surface area contributed by atoms with Crippen molar-refractivity contribution >= 4 is 28.3 Å². The van der Waals surface area contributed by atoms with Gasteiger partial charge < -0.3 is 5.11 Å². The molecule has 3 aromatic rings. The maximum absolute atomic E-state index is 15.2. The minimum Gasteiger partial charge on any atom is -0.507 e. The molecular weight excluding hydrogens is 414 g/mol. The molecule has 0 bridgehead atoms. The highest BCUT2D eigenvalue weighted by Gasteiger charge is 2.33. The number of phenols is 1. The molecule has 0 spiro atoms. The van der Waals surface area contributed by atoms with Gasteiger partial charge in [-0.15, -0.1) is 0 Å². The molecule has 1 saturated carbocycles. The molecule has 30 heavy (non-hydrogen) atoms. The maximum Gasteiger partial charge on any atom is 0.261 e. The van der Waals surface area contributed by atoms with E-state index in [1.165, 1.54) is 35.2 Å². The molecule has 4 rings (SSSR count). The van der Waals surface area contributed by atoms with Crippen LogP contribution in [-0.4, -0.2) is 20.4 Å². The summed E-state index contributed by atoms with van der Waals surface area (Å²) in [7, 11) is 0. The summed E-state index contributed by atoms with van der Waals surface area (Å²) in [6.45, 7) is 3.45. The zero-order chi connectivity index (χ0) is 21.6. The van der Waals surface area contributed by atoms with Crippen LogP contribution in [0.3, 0.4) is 0 Å². The van der Waals surface area contributed by atoms with E-state index in [9.17, 15) is 19.1 Å². The van der Waals surface area contributed by atoms with Crippen LogP contribution in [0.25, 0.3) is 22.0 Å². The monoisotopic (exact) mass is 430 g/mol. The largest absolute Gasteiger partial charge is 0.507 e. The van der Waals surface area contributed by atoms with Gasteiger partial charge in [0.15, 0.2) is 11.6 Å². The molecule has 0 radical (unpaired) electrons. The van der Waals surface area contributed by atoms with Gasteiger partial charge >= 0.3 is 0 Å². The van der Waals surface area contributed by atoms with Gasteiger partial charge in [-0.3, -0.25) is 14.2 Å². The van der Waals surface area contributed by atoms with Crippen molar-refractivity contribution in [2.45, 2.75) is 25.3 Å². The quantitative estimate of drug-likeness (QED) is 0.590. The molecular formula is C22H17ClF2N2O3. The number of hydrogen-bond donors (Lipinski definition) is 1. The molecule has 0 aliphatic heterocycles. The van der Waals surface area contributed by atoms with E-state index < -0.39 is 22.9 Å². The van der Waals surface area contributed by atoms with Crippen LogP contribution < -0.4 is 5.56 Å². The highest BCUT2D eigenvalue weighted by Crippen LogP contribution is 2.41. The van der Waals surface area contributed by atoms with Gasteiger partial charge in [0.2, 0.25) is 0 Å². The zero-order valence-corrected chi connectivity index (χ0v) is 16.5. The lowest BCUT2D eigenvalue weighted by atomic mass is 9.77. The van der Waals surface area contributed by atoms with E-state index in [1.54, 1.807) is 0 Å². The average molecular weight is 431 g/mol. The number of aromatic hydroxyl groups is 1. The first-order chi connectivity index (χ1) is 14.3. The van der Waals surface area contributed by atoms with Gasteiger partial charge in [-0.2, -0.15) is 0 Å². The molecule has 0 atom stereocenters. The van der Waals surface area contributed by atoms with Gasteiger partial charge in [-0.05, 0) is 43.0 Å². The van der Waals surface area contributed by atoms with E-state index in [4.69, 9.17) is 11.6 Å². The summed E-state index contributed by atoms with van der Waals surface area (Å²) < 4.78 is 30.9. The van der Waals surface area contributed by atoms with Crippen molar-refractivity contribution in [3.8, 4) is 16.9 Å². The number of carbonyl (C=O) groups is 1. The molecule has 1 aliphatic carbocycles. The molecule has 2 aromatic carbocycles. The second-order valence-electron chi connectivity index (χ2n) is 7.40. The van der Waals surface area contributed by atoms with Crippen molar-refractivity contribution in [1.29, 1.82) is 0 Å². The summed E-state index contributed by atoms with van der Waals surface area (Å²) in [5.41, 5.74) is -1.46. The lowest BCUT2D eigenvalue weighted by Gasteiger charge is -2.35. The highest BCUT2D eigenvalue weighted by atomic mass is 35.5. The van der Waals surface area contributed by atoms with Gasteiger partial charge in [-0.1, -0.05) is 24.2 Å². The van der Waals surface area contributed by atoms with Crippen LogP contribution in [0.5, 0.6) is 5.75 Å². The van der Waals surface area contributed by atoms with E-state index in [1.807, 2.05) is 0 Å². The smallest absolute Gasteiger partial charge is 0.261 e. The number of carbonyl (C=O) groups excluding carboxylic acids is 1. The Morgan fingerprint density at radius 1 is 1.33 bits per heavy atom. The standard InChI is InChI=1S/C22H17ClF2N2O3/c1-2-13(28)8-11-6-12(7-11)27-10-26-21-14(22(27)30)9-15(23)18(20(21)25)19-16(24)4-3-5-17(19)29/h2-5,9-12,29H,1,6-8H2. The number of allylic oxidation sites excluding steroid dienone is 1. The van der Waals surface area contributed by atoms with Crippen LogP contribution in [0.2, 0.25) is 5.02 Å². The lowest BCUT2D eigenvalue weighted by Crippen LogP contribution is -2.35. The molecule has 0 saturated heterocycles. The fraction of sp³-hybridized carbons (Fsp3) is 0.227. The van der Waals surface area contributed by atoms with Crippen molar-refractivity contribution < 1.29 is 18.7 Å². The highest BCUT2D eigenvalue weighted by molar-refractivity contribution is 6.34. The van der Waals surface area contributed by atoms with Crippen LogP contribution in [-0.2, 0) is 4.79 Å². The van der Waals surface area contributed by atoms with Gasteiger partial charge in [0.05, 0.1) is 22.3 Å². The predicted molar refractivity (Wildman–Crippen MR) is 110 cm³/mol. The minimum atomic E-state index is -0.981. The Kier molecular flexibility index (Phi) is 5.15. The minimum absolute atomic E-state index is 0.0369. The molecule has 1 heterocycles. The number of halogens is 3. The second-order valence-corrected chi connectivity index (χ2v) is 7.81. The topological polar surface area (TPSA) is 72.2 Å². The molecule has 0 amide bonds. The summed E-state index contributed by atoms with van der Waals surface area (Å²) in [6, 6.07) is 4.67. The lowest BCUT2D eigenvalue weighted by molar-refractivity contribution is -0.116. The van der Waals surface area contributed by atoms with Crippen molar-refractivity contribution in [3.63, 3.8) is 0 Å². The number of ketones is 1. The third-order valence-corrected chi connectivity index (χ3v) is 5.83. The normalized spacial score (nSPS) is 18.2. The van der Waals surface area contributed by atoms with Gasteiger partial charge in [0.1, 0.15) is 17.1 Å². The first-order valence-electron chi connectivity index (χ1n) is 9.33. The Morgan fingerprint density at radius 2 is 2.07 bits per heavy atom. The van der Waals surface area contributed by atoms with E-state index in [2.05, 4.69) is 11.6 Å². The molecule has 5 nitrogen and oxygen atoms in total. The van der Waals surface area contributed by atoms with Crippen LogP contribution >= 0.6 is 11.6 Å². The third-order valence-electron chi connectivity index (χ3n) is 5.53. The number of aromatic nitrogens is 2. The molecule has 1 aromatic heterocycles. The van der Waals surface area contributed by atoms with E-state index in [-0.39, 0.29) is 44.8 Å². The number of phenolic OH excluding ortho intramolecular Hbond substituents is 1. The summed E-state index contributed by atoms with van der Waals surface area (Å²) >= 11 is 6.19. The Hall–Kier alpha value is -3.06. The van der Waals surface area contributed by atoms with E-state index in [0.717, 1.165) is 6.07 Å². The van der Waals surface area contributed by atoms with Crippen LogP contribution in [0.4, 0.5) is 8.78 Å². The van der Waals surface area contributed by atoms with E-state index >= 15 is 4.39 Å². The van der Waals surface area contributed by atoms with E-state index in [0.29, 0.717) is 19.3 Å². The summed E-state index contributed by atoms with van der Waals surface area (Å²) in [5, 5.41) is 9.76. The third kappa shape index (κ3) is 3.29. The maximum atomic E-state index is 15.2. The zero-order valence-electron chi connectivity index (χ0n) is 15.7. The molecule has 8 heteroatoms. The van der Waals surface area contributed by atoms with Gasteiger partial charge in [-0.25, -0.2) is 13.8 Å². The van der Waals surface area contributed by atoms with Crippen molar-refractivity contribution in [2.24, 2.45) is 5.92 Å². The number of hydrogen-bond acceptors (Lipinski definition) is 4. The van der Waals surface area contributed by atoms with Crippen LogP contribution in [0.15, 0.2) is 48.0 Å². The number of benzene rings is 2. The summed E-state index contributed by atoms with van der Waals surface area (Å²) in [6.07, 6.45) is 4.18. The Bertz CT molecular complexity index is 1230. The fourth-order valence-corrected chi connectivity index (χ4v) is 4.21. The molecule has 1 aliphatic rings. The van der Waals surface area contributed by atoms with Crippen LogP contribution in [0, 0.1) is 17.6 Å². The summed E-state index contributed by atoms with van der Waals surface area (Å²) in [5.74, 6) is -2.18. The number of rotatable bonds is 5. The van der Waals surface area contributed by atoms with Gasteiger partial charge in [0.25, 0.3) is 5.56 Å². The average Bonchev–Trinajstić information content (AvgIpc) is 2.67.